The minimum absolute atomic E-state index is 0.0650. The van der Waals surface area contributed by atoms with E-state index in [1.165, 1.54) is 31.2 Å². The molecular formula is C23H24ClF3N6O7S. The number of carboxylic acid groups (broad SMARTS) is 1. The Hall–Kier alpha value is -4.51. The van der Waals surface area contributed by atoms with Gasteiger partial charge in [0, 0.05) is 10.7 Å². The van der Waals surface area contributed by atoms with E-state index >= 15 is 0 Å². The third-order valence-corrected chi connectivity index (χ3v) is 6.83. The lowest BCUT2D eigenvalue weighted by molar-refractivity contribution is -0.192. The summed E-state index contributed by atoms with van der Waals surface area (Å²) in [6.45, 7) is 2.99. The number of nitrogens with one attached hydrogen (secondary N) is 1. The molecular weight excluding hydrogens is 597 g/mol. The van der Waals surface area contributed by atoms with Crippen LogP contribution in [-0.2, 0) is 24.4 Å². The third-order valence-electron chi connectivity index (χ3n) is 5.23. The number of carbonyl (C=O) groups is 2. The summed E-state index contributed by atoms with van der Waals surface area (Å²) in [7, 11) is -4.15. The predicted molar refractivity (Wildman–Crippen MR) is 143 cm³/mol. The van der Waals surface area contributed by atoms with E-state index < -0.39 is 51.7 Å². The van der Waals surface area contributed by atoms with Gasteiger partial charge in [-0.3, -0.25) is 18.9 Å². The molecule has 8 N–H and O–H groups in total. The maximum Gasteiger partial charge on any atom is 0.490 e. The highest BCUT2D eigenvalue weighted by Crippen LogP contribution is 2.24. The van der Waals surface area contributed by atoms with Gasteiger partial charge in [-0.2, -0.15) is 13.2 Å². The molecule has 18 heteroatoms. The fourth-order valence-electron chi connectivity index (χ4n) is 3.40. The summed E-state index contributed by atoms with van der Waals surface area (Å²) in [6.07, 6.45) is -6.13. The topological polar surface area (TPSA) is 222 Å². The normalized spacial score (nSPS) is 12.8. The lowest BCUT2D eigenvalue weighted by atomic mass is 10.1. The van der Waals surface area contributed by atoms with Crippen LogP contribution in [0.3, 0.4) is 0 Å². The van der Waals surface area contributed by atoms with Crippen LogP contribution in [0.5, 0.6) is 0 Å². The van der Waals surface area contributed by atoms with Crippen molar-refractivity contribution in [2.75, 3.05) is 4.72 Å². The molecule has 222 valence electrons. The monoisotopic (exact) mass is 620 g/mol. The van der Waals surface area contributed by atoms with Gasteiger partial charge in [-0.05, 0) is 66.2 Å². The van der Waals surface area contributed by atoms with Gasteiger partial charge >= 0.3 is 12.1 Å². The van der Waals surface area contributed by atoms with Crippen LogP contribution in [0, 0.1) is 6.92 Å². The number of halogens is 4. The van der Waals surface area contributed by atoms with E-state index in [-0.39, 0.29) is 10.6 Å². The number of rotatable bonds is 8. The predicted octanol–water partition coefficient (Wildman–Crippen LogP) is 2.02. The molecule has 0 radical (unpaired) electrons. The molecule has 0 aliphatic rings. The number of alkyl halides is 3. The molecule has 3 rings (SSSR count). The Balaban J connectivity index is 0.000000745. The zero-order valence-electron chi connectivity index (χ0n) is 21.2. The Bertz CT molecular complexity index is 1660. The number of guanidine groups is 1. The third kappa shape index (κ3) is 8.49. The maximum atomic E-state index is 13.2. The Kier molecular flexibility index (Phi) is 10.2. The zero-order valence-corrected chi connectivity index (χ0v) is 22.8. The number of oxime groups is 1. The summed E-state index contributed by atoms with van der Waals surface area (Å²) in [5.41, 5.74) is 15.2. The van der Waals surface area contributed by atoms with Crippen molar-refractivity contribution in [2.24, 2.45) is 22.4 Å². The number of anilines is 1. The molecule has 1 heterocycles. The molecule has 2 atom stereocenters. The van der Waals surface area contributed by atoms with Gasteiger partial charge in [-0.25, -0.2) is 13.2 Å². The number of carboxylic acids is 1. The maximum absolute atomic E-state index is 13.2. The van der Waals surface area contributed by atoms with Gasteiger partial charge < -0.3 is 27.1 Å². The van der Waals surface area contributed by atoms with Crippen molar-refractivity contribution in [2.45, 2.75) is 37.1 Å². The quantitative estimate of drug-likeness (QED) is 0.141. The highest BCUT2D eigenvalue weighted by Gasteiger charge is 2.38. The number of aryl methyl sites for hydroxylation is 1. The Labute approximate surface area is 235 Å². The number of hydrogen-bond donors (Lipinski definition) is 5. The molecule has 2 unspecified atom stereocenters. The summed E-state index contributed by atoms with van der Waals surface area (Å²) in [6, 6.07) is 10.9. The van der Waals surface area contributed by atoms with E-state index in [1.54, 1.807) is 31.2 Å². The summed E-state index contributed by atoms with van der Waals surface area (Å²) in [4.78, 5) is 39.3. The molecule has 0 saturated carbocycles. The number of amides is 1. The van der Waals surface area contributed by atoms with Crippen LogP contribution in [-0.4, -0.2) is 48.2 Å². The van der Waals surface area contributed by atoms with Gasteiger partial charge in [-0.1, -0.05) is 23.7 Å². The van der Waals surface area contributed by atoms with Crippen molar-refractivity contribution in [1.82, 2.24) is 4.57 Å². The number of hydrogen-bond acceptors (Lipinski definition) is 7. The van der Waals surface area contributed by atoms with Crippen LogP contribution in [0.4, 0.5) is 18.9 Å². The second-order valence-electron chi connectivity index (χ2n) is 8.30. The largest absolute Gasteiger partial charge is 0.490 e. The van der Waals surface area contributed by atoms with Gasteiger partial charge in [0.05, 0.1) is 4.90 Å². The number of nitrogens with zero attached hydrogens (tertiary/aromatic N) is 2. The minimum atomic E-state index is -5.08. The first-order valence-electron chi connectivity index (χ1n) is 11.1. The van der Waals surface area contributed by atoms with Crippen molar-refractivity contribution >= 4 is 55.9 Å². The number of pyridine rings is 1. The number of sulfonamides is 1. The van der Waals surface area contributed by atoms with E-state index in [9.17, 15) is 31.2 Å². The van der Waals surface area contributed by atoms with Crippen molar-refractivity contribution in [1.29, 1.82) is 0 Å². The number of carbonyl (C=O) groups excluding carboxylic acids is 1. The number of benzene rings is 2. The van der Waals surface area contributed by atoms with Crippen LogP contribution >= 0.6 is 11.6 Å². The van der Waals surface area contributed by atoms with Gasteiger partial charge in [0.2, 0.25) is 11.9 Å². The van der Waals surface area contributed by atoms with Crippen LogP contribution in [0.1, 0.15) is 18.7 Å². The highest BCUT2D eigenvalue weighted by atomic mass is 35.5. The van der Waals surface area contributed by atoms with Crippen molar-refractivity contribution < 1.29 is 41.1 Å². The lowest BCUT2D eigenvalue weighted by Crippen LogP contribution is -2.42. The number of fused-ring (bicyclic) bond motifs is 1. The molecule has 0 aliphatic carbocycles. The average molecular weight is 621 g/mol. The smallest absolute Gasteiger partial charge is 0.475 e. The summed E-state index contributed by atoms with van der Waals surface area (Å²) in [5, 5.41) is 12.4. The second-order valence-corrected chi connectivity index (χ2v) is 10.4. The van der Waals surface area contributed by atoms with E-state index in [4.69, 9.17) is 43.5 Å². The SMILES string of the molecule is Cc1ccc(NS(=O)(=O)c2ccc3cc(Cl)ccc3c2)c(=O)n1C(C(N)=O)C(C)ON=C(N)N.O=C(O)C(F)(F)F. The Morgan fingerprint density at radius 1 is 1.07 bits per heavy atom. The van der Waals surface area contributed by atoms with Crippen molar-refractivity contribution in [3.8, 4) is 0 Å². The molecule has 2 aromatic carbocycles. The molecule has 0 fully saturated rings. The fraction of sp³-hybridized carbons (Fsp3) is 0.217. The summed E-state index contributed by atoms with van der Waals surface area (Å²) in [5.74, 6) is -4.05. The molecule has 0 aliphatic heterocycles. The first-order chi connectivity index (χ1) is 18.8. The first kappa shape index (κ1) is 32.7. The standard InChI is InChI=1S/C21H23ClN6O5S.C2HF3O2/c1-11-3-8-17(20(30)28(11)18(19(23)29)12(2)33-26-21(24)25)27-34(31,32)16-7-5-13-9-15(22)6-4-14(13)10-16;3-2(4,5)1(6)7/h3-10,12,18,27H,1-2H3,(H2,23,29)(H4,24,25,26);(H,6,7). The highest BCUT2D eigenvalue weighted by molar-refractivity contribution is 7.92. The van der Waals surface area contributed by atoms with Crippen molar-refractivity contribution in [3.05, 3.63) is 69.6 Å². The van der Waals surface area contributed by atoms with Gasteiger partial charge in [-0.15, -0.1) is 0 Å². The van der Waals surface area contributed by atoms with Crippen LogP contribution in [0.25, 0.3) is 10.8 Å². The molecule has 3 aromatic rings. The molecule has 1 aromatic heterocycles. The van der Waals surface area contributed by atoms with E-state index in [2.05, 4.69) is 9.88 Å². The van der Waals surface area contributed by atoms with Crippen LogP contribution in [0.15, 0.2) is 63.4 Å². The molecule has 41 heavy (non-hydrogen) atoms. The van der Waals surface area contributed by atoms with E-state index in [0.29, 0.717) is 16.1 Å². The van der Waals surface area contributed by atoms with Gasteiger partial charge in [0.25, 0.3) is 15.6 Å². The van der Waals surface area contributed by atoms with E-state index in [0.717, 1.165) is 9.95 Å². The van der Waals surface area contributed by atoms with Crippen molar-refractivity contribution in [3.63, 3.8) is 0 Å². The molecule has 0 saturated heterocycles. The number of aromatic nitrogens is 1. The lowest BCUT2D eigenvalue weighted by Gasteiger charge is -2.24. The Morgan fingerprint density at radius 3 is 2.17 bits per heavy atom. The number of aliphatic carboxylic acids is 1. The molecule has 13 nitrogen and oxygen atoms in total. The molecule has 0 spiro atoms. The van der Waals surface area contributed by atoms with Crippen LogP contribution < -0.4 is 27.5 Å². The Morgan fingerprint density at radius 2 is 1.63 bits per heavy atom. The fourth-order valence-corrected chi connectivity index (χ4v) is 4.68. The summed E-state index contributed by atoms with van der Waals surface area (Å²) < 4.78 is 61.1. The summed E-state index contributed by atoms with van der Waals surface area (Å²) >= 11 is 5.98. The molecule has 1 amide bonds. The second kappa shape index (κ2) is 12.8. The number of primary amides is 1. The number of nitrogens with two attached hydrogens (primary N) is 3. The molecule has 0 bridgehead atoms. The van der Waals surface area contributed by atoms with Gasteiger partial charge in [0.1, 0.15) is 5.69 Å². The first-order valence-corrected chi connectivity index (χ1v) is 13.0. The average Bonchev–Trinajstić information content (AvgIpc) is 2.86. The van der Waals surface area contributed by atoms with Gasteiger partial charge in [0.15, 0.2) is 12.1 Å². The minimum Gasteiger partial charge on any atom is -0.475 e. The zero-order chi connectivity index (χ0) is 31.3. The van der Waals surface area contributed by atoms with Crippen LogP contribution in [0.2, 0.25) is 5.02 Å². The van der Waals surface area contributed by atoms with E-state index in [1.807, 2.05) is 0 Å².